The minimum Gasteiger partial charge on any atom is -0.461 e. The van der Waals surface area contributed by atoms with Crippen LogP contribution in [0.4, 0.5) is 4.39 Å². The van der Waals surface area contributed by atoms with Crippen LogP contribution in [-0.2, 0) is 26.2 Å². The predicted octanol–water partition coefficient (Wildman–Crippen LogP) is 3.35. The van der Waals surface area contributed by atoms with E-state index in [0.29, 0.717) is 22.1 Å². The third-order valence-corrected chi connectivity index (χ3v) is 6.41. The Morgan fingerprint density at radius 3 is 2.69 bits per heavy atom. The number of ether oxygens (including phenoxy) is 3. The molecule has 29 heavy (non-hydrogen) atoms. The third kappa shape index (κ3) is 5.17. The molecule has 2 aromatic rings. The molecule has 0 radical (unpaired) electrons. The Morgan fingerprint density at radius 1 is 1.24 bits per heavy atom. The van der Waals surface area contributed by atoms with Crippen LogP contribution >= 0.6 is 11.6 Å². The fourth-order valence-electron chi connectivity index (χ4n) is 2.69. The van der Waals surface area contributed by atoms with Crippen molar-refractivity contribution in [3.8, 4) is 11.5 Å². The molecule has 1 heterocycles. The van der Waals surface area contributed by atoms with Crippen LogP contribution in [0.2, 0.25) is 5.02 Å². The van der Waals surface area contributed by atoms with Gasteiger partial charge in [-0.05, 0) is 48.4 Å². The number of carbonyl (C=O) groups is 1. The van der Waals surface area contributed by atoms with Gasteiger partial charge < -0.3 is 14.2 Å². The first-order chi connectivity index (χ1) is 13.8. The van der Waals surface area contributed by atoms with Gasteiger partial charge in [0, 0.05) is 20.0 Å². The number of benzene rings is 2. The molecule has 0 saturated heterocycles. The zero-order chi connectivity index (χ0) is 21.0. The molecule has 0 aliphatic carbocycles. The highest BCUT2D eigenvalue weighted by atomic mass is 35.5. The molecule has 0 bridgehead atoms. The van der Waals surface area contributed by atoms with Crippen molar-refractivity contribution in [3.63, 3.8) is 0 Å². The quantitative estimate of drug-likeness (QED) is 0.582. The van der Waals surface area contributed by atoms with Gasteiger partial charge in [0.05, 0.1) is 9.92 Å². The van der Waals surface area contributed by atoms with Crippen LogP contribution < -0.4 is 9.47 Å². The molecule has 10 heteroatoms. The lowest BCUT2D eigenvalue weighted by Crippen LogP contribution is -2.28. The van der Waals surface area contributed by atoms with E-state index in [1.165, 1.54) is 19.2 Å². The molecule has 0 fully saturated rings. The lowest BCUT2D eigenvalue weighted by molar-refractivity contribution is -0.145. The van der Waals surface area contributed by atoms with E-state index in [1.807, 2.05) is 0 Å². The van der Waals surface area contributed by atoms with Crippen LogP contribution in [0, 0.1) is 5.82 Å². The summed E-state index contributed by atoms with van der Waals surface area (Å²) in [7, 11) is -2.34. The topological polar surface area (TPSA) is 82.1 Å². The van der Waals surface area contributed by atoms with E-state index in [-0.39, 0.29) is 37.7 Å². The number of fused-ring (bicyclic) bond motifs is 1. The van der Waals surface area contributed by atoms with E-state index in [9.17, 15) is 17.6 Å². The van der Waals surface area contributed by atoms with Gasteiger partial charge in [0.25, 0.3) is 0 Å². The van der Waals surface area contributed by atoms with Crippen molar-refractivity contribution in [3.05, 3.63) is 52.8 Å². The van der Waals surface area contributed by atoms with Crippen LogP contribution in [0.1, 0.15) is 18.4 Å². The summed E-state index contributed by atoms with van der Waals surface area (Å²) in [6.45, 7) is 0.218. The van der Waals surface area contributed by atoms with E-state index in [0.717, 1.165) is 16.4 Å². The van der Waals surface area contributed by atoms with Gasteiger partial charge in [-0.1, -0.05) is 11.6 Å². The van der Waals surface area contributed by atoms with Crippen LogP contribution in [0.5, 0.6) is 11.5 Å². The highest BCUT2D eigenvalue weighted by Gasteiger charge is 2.21. The van der Waals surface area contributed by atoms with Gasteiger partial charge >= 0.3 is 5.97 Å². The molecule has 0 atom stereocenters. The van der Waals surface area contributed by atoms with Crippen LogP contribution in [-0.4, -0.2) is 39.1 Å². The van der Waals surface area contributed by atoms with Gasteiger partial charge in [0.15, 0.2) is 11.5 Å². The number of nitrogens with zero attached hydrogens (tertiary/aromatic N) is 1. The predicted molar refractivity (Wildman–Crippen MR) is 103 cm³/mol. The minimum absolute atomic E-state index is 0.0105. The highest BCUT2D eigenvalue weighted by molar-refractivity contribution is 7.89. The standard InChI is InChI=1S/C19H19ClFNO6S/c1-22(29(24,25)15-6-4-14(21)5-7-15)8-2-3-18(23)26-11-13-9-16(20)19-17(10-13)27-12-28-19/h4-7,9-10H,2-3,8,11-12H2,1H3. The highest BCUT2D eigenvalue weighted by Crippen LogP contribution is 2.39. The van der Waals surface area contributed by atoms with E-state index in [1.54, 1.807) is 12.1 Å². The fourth-order valence-corrected chi connectivity index (χ4v) is 4.19. The van der Waals surface area contributed by atoms with E-state index >= 15 is 0 Å². The Morgan fingerprint density at radius 2 is 1.97 bits per heavy atom. The maximum Gasteiger partial charge on any atom is 0.306 e. The van der Waals surface area contributed by atoms with Crippen molar-refractivity contribution >= 4 is 27.6 Å². The van der Waals surface area contributed by atoms with Crippen molar-refractivity contribution < 1.29 is 31.8 Å². The molecule has 3 rings (SSSR count). The van der Waals surface area contributed by atoms with Crippen molar-refractivity contribution in [2.45, 2.75) is 24.3 Å². The molecule has 0 N–H and O–H groups in total. The first kappa shape index (κ1) is 21.4. The number of sulfonamides is 1. The number of rotatable bonds is 8. The fraction of sp³-hybridized carbons (Fsp3) is 0.316. The summed E-state index contributed by atoms with van der Waals surface area (Å²) in [6, 6.07) is 7.88. The maximum absolute atomic E-state index is 13.0. The second kappa shape index (κ2) is 8.98. The second-order valence-electron chi connectivity index (χ2n) is 6.36. The molecular formula is C19H19ClFNO6S. The Bertz CT molecular complexity index is 997. The number of hydrogen-bond donors (Lipinski definition) is 0. The van der Waals surface area contributed by atoms with Crippen molar-refractivity contribution in [2.24, 2.45) is 0 Å². The number of hydrogen-bond acceptors (Lipinski definition) is 6. The zero-order valence-corrected chi connectivity index (χ0v) is 17.1. The largest absolute Gasteiger partial charge is 0.461 e. The lowest BCUT2D eigenvalue weighted by atomic mass is 10.2. The SMILES string of the molecule is CN(CCCC(=O)OCc1cc(Cl)c2c(c1)OCO2)S(=O)(=O)c1ccc(F)cc1. The molecular weight excluding hydrogens is 425 g/mol. The normalized spacial score (nSPS) is 13.0. The third-order valence-electron chi connectivity index (χ3n) is 4.26. The Balaban J connectivity index is 1.46. The minimum atomic E-state index is -3.75. The van der Waals surface area contributed by atoms with Gasteiger partial charge in [-0.2, -0.15) is 0 Å². The van der Waals surface area contributed by atoms with Gasteiger partial charge in [-0.15, -0.1) is 0 Å². The smallest absolute Gasteiger partial charge is 0.306 e. The molecule has 0 unspecified atom stereocenters. The molecule has 1 aliphatic rings. The second-order valence-corrected chi connectivity index (χ2v) is 8.81. The molecule has 0 saturated carbocycles. The lowest BCUT2D eigenvalue weighted by Gasteiger charge is -2.17. The Labute approximate surface area is 173 Å². The number of halogens is 2. The van der Waals surface area contributed by atoms with Gasteiger partial charge in [-0.3, -0.25) is 4.79 Å². The summed E-state index contributed by atoms with van der Waals surface area (Å²) in [5.41, 5.74) is 0.656. The summed E-state index contributed by atoms with van der Waals surface area (Å²) >= 11 is 6.08. The maximum atomic E-state index is 13.0. The summed E-state index contributed by atoms with van der Waals surface area (Å²) in [4.78, 5) is 11.9. The summed E-state index contributed by atoms with van der Waals surface area (Å²) in [6.07, 6.45) is 0.319. The number of esters is 1. The molecule has 0 spiro atoms. The van der Waals surface area contributed by atoms with Gasteiger partial charge in [0.2, 0.25) is 16.8 Å². The number of carbonyl (C=O) groups excluding carboxylic acids is 1. The van der Waals surface area contributed by atoms with Crippen molar-refractivity contribution in [2.75, 3.05) is 20.4 Å². The first-order valence-corrected chi connectivity index (χ1v) is 10.5. The molecule has 2 aromatic carbocycles. The first-order valence-electron chi connectivity index (χ1n) is 8.73. The average molecular weight is 444 g/mol. The van der Waals surface area contributed by atoms with E-state index in [4.69, 9.17) is 25.8 Å². The van der Waals surface area contributed by atoms with Crippen LogP contribution in [0.3, 0.4) is 0 Å². The van der Waals surface area contributed by atoms with Gasteiger partial charge in [0.1, 0.15) is 12.4 Å². The van der Waals surface area contributed by atoms with Gasteiger partial charge in [-0.25, -0.2) is 17.1 Å². The van der Waals surface area contributed by atoms with Crippen molar-refractivity contribution in [1.82, 2.24) is 4.31 Å². The molecule has 7 nitrogen and oxygen atoms in total. The Kier molecular flexibility index (Phi) is 6.61. The van der Waals surface area contributed by atoms with Crippen molar-refractivity contribution in [1.29, 1.82) is 0 Å². The Hall–Kier alpha value is -2.36. The summed E-state index contributed by atoms with van der Waals surface area (Å²) < 4.78 is 54.6. The zero-order valence-electron chi connectivity index (χ0n) is 15.6. The molecule has 1 aliphatic heterocycles. The van der Waals surface area contributed by atoms with E-state index < -0.39 is 21.8 Å². The summed E-state index contributed by atoms with van der Waals surface area (Å²) in [5.74, 6) is -0.0206. The average Bonchev–Trinajstić information content (AvgIpc) is 3.16. The van der Waals surface area contributed by atoms with E-state index in [2.05, 4.69) is 0 Å². The molecule has 0 amide bonds. The van der Waals surface area contributed by atoms with Crippen LogP contribution in [0.25, 0.3) is 0 Å². The monoisotopic (exact) mass is 443 g/mol. The molecule has 156 valence electrons. The summed E-state index contributed by atoms with van der Waals surface area (Å²) in [5, 5.41) is 0.374. The molecule has 0 aromatic heterocycles. The van der Waals surface area contributed by atoms with Crippen LogP contribution in [0.15, 0.2) is 41.3 Å².